The quantitative estimate of drug-likeness (QED) is 0.484. The summed E-state index contributed by atoms with van der Waals surface area (Å²) in [5, 5.41) is 0. The first-order valence-electron chi connectivity index (χ1n) is 14.5. The molecule has 2 saturated carbocycles. The Balaban J connectivity index is 1.30. The number of carbonyl (C=O) groups excluding carboxylic acids is 1. The third-order valence-corrected chi connectivity index (χ3v) is 11.0. The summed E-state index contributed by atoms with van der Waals surface area (Å²) in [5.41, 5.74) is 3.56. The van der Waals surface area contributed by atoms with E-state index in [9.17, 15) is 4.79 Å². The minimum atomic E-state index is -0.205. The van der Waals surface area contributed by atoms with Crippen molar-refractivity contribution in [2.45, 2.75) is 69.3 Å². The molecule has 0 N–H and O–H groups in total. The van der Waals surface area contributed by atoms with Crippen molar-refractivity contribution in [1.82, 2.24) is 4.90 Å². The molecule has 0 radical (unpaired) electrons. The van der Waals surface area contributed by atoms with Crippen LogP contribution in [0.15, 0.2) is 54.6 Å². The summed E-state index contributed by atoms with van der Waals surface area (Å²) in [5.74, 6) is 2.90. The van der Waals surface area contributed by atoms with Gasteiger partial charge in [-0.3, -0.25) is 9.69 Å². The number of piperidine rings is 1. The van der Waals surface area contributed by atoms with Crippen molar-refractivity contribution < 1.29 is 19.0 Å². The summed E-state index contributed by atoms with van der Waals surface area (Å²) in [4.78, 5) is 15.9. The first kappa shape index (κ1) is 23.3. The number of benzene rings is 2. The fraction of sp³-hybridized carbons (Fsp3) is 0.545. The zero-order valence-corrected chi connectivity index (χ0v) is 22.4. The van der Waals surface area contributed by atoms with Gasteiger partial charge in [-0.15, -0.1) is 0 Å². The van der Waals surface area contributed by atoms with Crippen molar-refractivity contribution in [3.05, 3.63) is 71.3 Å². The molecule has 2 aromatic carbocycles. The predicted molar refractivity (Wildman–Crippen MR) is 144 cm³/mol. The molecule has 38 heavy (non-hydrogen) atoms. The lowest BCUT2D eigenvalue weighted by Gasteiger charge is -2.63. The van der Waals surface area contributed by atoms with Gasteiger partial charge in [0.15, 0.2) is 11.5 Å². The molecule has 3 fully saturated rings. The smallest absolute Gasteiger partial charge is 0.166 e. The van der Waals surface area contributed by atoms with Gasteiger partial charge >= 0.3 is 0 Å². The van der Waals surface area contributed by atoms with Gasteiger partial charge in [-0.2, -0.15) is 0 Å². The number of hydrogen-bond donors (Lipinski definition) is 0. The van der Waals surface area contributed by atoms with Crippen LogP contribution < -0.4 is 9.47 Å². The van der Waals surface area contributed by atoms with Crippen LogP contribution in [-0.2, 0) is 28.0 Å². The van der Waals surface area contributed by atoms with E-state index in [0.717, 1.165) is 48.8 Å². The summed E-state index contributed by atoms with van der Waals surface area (Å²) < 4.78 is 19.9. The average Bonchev–Trinajstić information content (AvgIpc) is 3.71. The number of likely N-dealkylation sites (tertiary alicyclic amines) is 1. The molecule has 1 unspecified atom stereocenters. The fourth-order valence-corrected chi connectivity index (χ4v) is 9.21. The number of fused-ring (bicyclic) bond motifs is 1. The van der Waals surface area contributed by atoms with Gasteiger partial charge < -0.3 is 14.2 Å². The van der Waals surface area contributed by atoms with E-state index in [0.29, 0.717) is 12.6 Å². The third kappa shape index (κ3) is 2.98. The SMILES string of the molecule is COC1[C@@H]2C=C[C@@]3(C[C@@H]2C(C)=O)[C@H]2Cc4ccc(OCc5ccccc5)c5c4[C@@]3(CCN2CC2CC2)[C@H]1O5. The van der Waals surface area contributed by atoms with Gasteiger partial charge in [0.25, 0.3) is 0 Å². The highest BCUT2D eigenvalue weighted by Crippen LogP contribution is 2.71. The number of ketones is 1. The highest BCUT2D eigenvalue weighted by atomic mass is 16.6. The molecule has 9 rings (SSSR count). The lowest BCUT2D eigenvalue weighted by molar-refractivity contribution is -0.125. The molecule has 5 aliphatic carbocycles. The maximum Gasteiger partial charge on any atom is 0.166 e. The van der Waals surface area contributed by atoms with Crippen LogP contribution in [0.4, 0.5) is 0 Å². The van der Waals surface area contributed by atoms with Crippen LogP contribution in [0, 0.1) is 23.2 Å². The normalized spacial score (nSPS) is 37.9. The number of nitrogens with zero attached hydrogens (tertiary/aromatic N) is 1. The summed E-state index contributed by atoms with van der Waals surface area (Å²) in [6.07, 6.45) is 10.2. The van der Waals surface area contributed by atoms with Gasteiger partial charge in [0.1, 0.15) is 24.6 Å². The lowest BCUT2D eigenvalue weighted by atomic mass is 9.45. The van der Waals surface area contributed by atoms with Crippen LogP contribution in [0.25, 0.3) is 0 Å². The number of Topliss-reactive ketones (excluding diaryl/α,β-unsaturated/α-hetero) is 1. The first-order valence-corrected chi connectivity index (χ1v) is 14.5. The summed E-state index contributed by atoms with van der Waals surface area (Å²) >= 11 is 0. The molecule has 5 nitrogen and oxygen atoms in total. The fourth-order valence-electron chi connectivity index (χ4n) is 9.21. The molecular weight excluding hydrogens is 474 g/mol. The van der Waals surface area contributed by atoms with Crippen LogP contribution >= 0.6 is 0 Å². The maximum atomic E-state index is 13.1. The second-order valence-corrected chi connectivity index (χ2v) is 12.7. The molecule has 2 spiro atoms. The Kier molecular flexibility index (Phi) is 5.01. The van der Waals surface area contributed by atoms with E-state index in [-0.39, 0.29) is 40.7 Å². The molecule has 0 amide bonds. The minimum Gasteiger partial charge on any atom is -0.485 e. The molecule has 1 saturated heterocycles. The van der Waals surface area contributed by atoms with Crippen LogP contribution in [0.3, 0.4) is 0 Å². The molecule has 0 aromatic heterocycles. The van der Waals surface area contributed by atoms with Gasteiger partial charge in [-0.1, -0.05) is 48.6 Å². The Labute approximate surface area is 225 Å². The van der Waals surface area contributed by atoms with Crippen LogP contribution in [0.2, 0.25) is 0 Å². The third-order valence-electron chi connectivity index (χ3n) is 11.0. The summed E-state index contributed by atoms with van der Waals surface area (Å²) in [7, 11) is 1.81. The van der Waals surface area contributed by atoms with Crippen molar-refractivity contribution in [3.8, 4) is 11.5 Å². The predicted octanol–water partition coefficient (Wildman–Crippen LogP) is 5.10. The van der Waals surface area contributed by atoms with Crippen LogP contribution in [0.5, 0.6) is 11.5 Å². The molecule has 4 bridgehead atoms. The largest absolute Gasteiger partial charge is 0.485 e. The minimum absolute atomic E-state index is 0.0260. The molecule has 7 atom stereocenters. The Morgan fingerprint density at radius 2 is 2.00 bits per heavy atom. The number of ether oxygens (including phenoxy) is 3. The van der Waals surface area contributed by atoms with E-state index in [1.807, 2.05) is 6.07 Å². The first-order chi connectivity index (χ1) is 18.6. The molecule has 2 heterocycles. The van der Waals surface area contributed by atoms with Crippen LogP contribution in [0.1, 0.15) is 49.3 Å². The number of hydrogen-bond acceptors (Lipinski definition) is 5. The molecule has 198 valence electrons. The van der Waals surface area contributed by atoms with Gasteiger partial charge in [0, 0.05) is 42.5 Å². The van der Waals surface area contributed by atoms with Crippen molar-refractivity contribution in [2.24, 2.45) is 23.2 Å². The second-order valence-electron chi connectivity index (χ2n) is 12.7. The highest BCUT2D eigenvalue weighted by Gasteiger charge is 2.74. The second kappa shape index (κ2) is 8.19. The van der Waals surface area contributed by atoms with Crippen molar-refractivity contribution in [3.63, 3.8) is 0 Å². The number of rotatable bonds is 7. The average molecular weight is 512 g/mol. The van der Waals surface area contributed by atoms with Crippen molar-refractivity contribution >= 4 is 5.78 Å². The zero-order valence-electron chi connectivity index (χ0n) is 22.4. The van der Waals surface area contributed by atoms with Gasteiger partial charge in [0.05, 0.1) is 5.41 Å². The standard InChI is InChI=1S/C33H37NO4/c1-20(35)25-17-32-13-12-24(25)29(36-2)31-33(32)14-15-34(18-21-8-9-21)27(32)16-23-10-11-26(30(38-31)28(23)33)37-19-22-6-4-3-5-7-22/h3-7,10-13,21,24-25,27,29,31H,8-9,14-19H2,1-2H3/t24-,25-,27-,29?,31+,32-,33+/m1/s1. The van der Waals surface area contributed by atoms with Crippen LogP contribution in [-0.4, -0.2) is 49.1 Å². The number of carbonyl (C=O) groups is 1. The maximum absolute atomic E-state index is 13.1. The van der Waals surface area contributed by atoms with E-state index >= 15 is 0 Å². The van der Waals surface area contributed by atoms with E-state index < -0.39 is 0 Å². The molecule has 7 aliphatic rings. The monoisotopic (exact) mass is 511 g/mol. The van der Waals surface area contributed by atoms with Crippen molar-refractivity contribution in [2.75, 3.05) is 20.2 Å². The van der Waals surface area contributed by atoms with Gasteiger partial charge in [0.2, 0.25) is 0 Å². The topological polar surface area (TPSA) is 48.0 Å². The zero-order chi connectivity index (χ0) is 25.6. The molecular formula is C33H37NO4. The van der Waals surface area contributed by atoms with E-state index in [4.69, 9.17) is 14.2 Å². The van der Waals surface area contributed by atoms with E-state index in [2.05, 4.69) is 53.5 Å². The molecule has 5 heteroatoms. The Hall–Kier alpha value is -2.63. The highest BCUT2D eigenvalue weighted by molar-refractivity contribution is 5.80. The molecule has 2 aromatic rings. The Bertz CT molecular complexity index is 1320. The van der Waals surface area contributed by atoms with Gasteiger partial charge in [-0.05, 0) is 68.7 Å². The lowest BCUT2D eigenvalue weighted by Crippen LogP contribution is -2.69. The Morgan fingerprint density at radius 3 is 2.76 bits per heavy atom. The summed E-state index contributed by atoms with van der Waals surface area (Å²) in [6.45, 7) is 4.56. The van der Waals surface area contributed by atoms with Crippen molar-refractivity contribution in [1.29, 1.82) is 0 Å². The summed E-state index contributed by atoms with van der Waals surface area (Å²) in [6, 6.07) is 15.2. The van der Waals surface area contributed by atoms with E-state index in [1.54, 1.807) is 14.0 Å². The van der Waals surface area contributed by atoms with E-state index in [1.165, 1.54) is 30.5 Å². The number of methoxy groups -OCH3 is 1. The molecule has 2 aliphatic heterocycles. The van der Waals surface area contributed by atoms with Gasteiger partial charge in [-0.25, -0.2) is 0 Å². The Morgan fingerprint density at radius 1 is 1.16 bits per heavy atom.